The lowest BCUT2D eigenvalue weighted by molar-refractivity contribution is -0.123. The number of ether oxygens (including phenoxy) is 2. The smallest absolute Gasteiger partial charge is 0.277 e. The number of methoxy groups -OCH3 is 1. The molecule has 0 aliphatic heterocycles. The first-order valence-corrected chi connectivity index (χ1v) is 7.79. The molecule has 1 amide bonds. The van der Waals surface area contributed by atoms with Gasteiger partial charge in [-0.1, -0.05) is 56.3 Å². The van der Waals surface area contributed by atoms with E-state index in [0.717, 1.165) is 11.3 Å². The molecular weight excluding hydrogens is 304 g/mol. The third-order valence-electron chi connectivity index (χ3n) is 3.35. The summed E-state index contributed by atoms with van der Waals surface area (Å²) in [5.41, 5.74) is 4.36. The highest BCUT2D eigenvalue weighted by molar-refractivity contribution is 6.02. The van der Waals surface area contributed by atoms with Crippen molar-refractivity contribution in [3.8, 4) is 11.5 Å². The van der Waals surface area contributed by atoms with E-state index in [1.54, 1.807) is 19.2 Å². The second kappa shape index (κ2) is 8.72. The maximum Gasteiger partial charge on any atom is 0.277 e. The monoisotopic (exact) mass is 326 g/mol. The molecule has 0 aliphatic carbocycles. The molecule has 5 nitrogen and oxygen atoms in total. The summed E-state index contributed by atoms with van der Waals surface area (Å²) in [7, 11) is 1.56. The number of amides is 1. The van der Waals surface area contributed by atoms with Crippen molar-refractivity contribution in [2.24, 2.45) is 11.0 Å². The van der Waals surface area contributed by atoms with Crippen LogP contribution in [0.2, 0.25) is 0 Å². The molecule has 0 fully saturated rings. The lowest BCUT2D eigenvalue weighted by Gasteiger charge is -2.12. The Morgan fingerprint density at radius 3 is 2.29 bits per heavy atom. The number of carbonyl (C=O) groups is 1. The van der Waals surface area contributed by atoms with Crippen LogP contribution in [0, 0.1) is 5.92 Å². The van der Waals surface area contributed by atoms with E-state index in [4.69, 9.17) is 9.47 Å². The molecule has 24 heavy (non-hydrogen) atoms. The molecule has 0 saturated heterocycles. The minimum atomic E-state index is -0.324. The van der Waals surface area contributed by atoms with Gasteiger partial charge in [-0.3, -0.25) is 4.79 Å². The molecule has 0 bridgehead atoms. The normalized spacial score (nSPS) is 11.2. The van der Waals surface area contributed by atoms with E-state index in [1.807, 2.05) is 56.3 Å². The van der Waals surface area contributed by atoms with Crippen molar-refractivity contribution in [1.29, 1.82) is 0 Å². The van der Waals surface area contributed by atoms with Gasteiger partial charge in [-0.25, -0.2) is 5.43 Å². The zero-order valence-electron chi connectivity index (χ0n) is 14.2. The Morgan fingerprint density at radius 1 is 1.04 bits per heavy atom. The van der Waals surface area contributed by atoms with E-state index in [2.05, 4.69) is 10.5 Å². The minimum Gasteiger partial charge on any atom is -0.493 e. The zero-order valence-corrected chi connectivity index (χ0v) is 14.2. The number of para-hydroxylation sites is 2. The number of hydrogen-bond donors (Lipinski definition) is 1. The fraction of sp³-hybridized carbons (Fsp3) is 0.263. The minimum absolute atomic E-state index is 0.135. The molecule has 2 rings (SSSR count). The fourth-order valence-corrected chi connectivity index (χ4v) is 2.17. The number of benzene rings is 2. The molecule has 0 heterocycles. The van der Waals surface area contributed by atoms with Crippen LogP contribution in [0.1, 0.15) is 19.4 Å². The quantitative estimate of drug-likeness (QED) is 0.627. The number of rotatable bonds is 7. The topological polar surface area (TPSA) is 59.9 Å². The molecule has 0 unspecified atom stereocenters. The average Bonchev–Trinajstić information content (AvgIpc) is 2.61. The second-order valence-corrected chi connectivity index (χ2v) is 5.49. The van der Waals surface area contributed by atoms with Crippen LogP contribution >= 0.6 is 0 Å². The van der Waals surface area contributed by atoms with Gasteiger partial charge in [0.25, 0.3) is 5.91 Å². The van der Waals surface area contributed by atoms with Crippen LogP contribution in [0.3, 0.4) is 0 Å². The highest BCUT2D eigenvalue weighted by atomic mass is 16.5. The first-order valence-electron chi connectivity index (χ1n) is 7.79. The second-order valence-electron chi connectivity index (χ2n) is 5.49. The Bertz CT molecular complexity index is 697. The summed E-state index contributed by atoms with van der Waals surface area (Å²) in [6.45, 7) is 3.93. The average molecular weight is 326 g/mol. The highest BCUT2D eigenvalue weighted by Gasteiger charge is 2.10. The maximum atomic E-state index is 12.0. The van der Waals surface area contributed by atoms with Crippen LogP contribution in [-0.4, -0.2) is 25.3 Å². The first kappa shape index (κ1) is 17.5. The SMILES string of the molecule is COc1ccccc1OCC(=O)N/N=C(/c1ccccc1)C(C)C. The summed E-state index contributed by atoms with van der Waals surface area (Å²) >= 11 is 0. The van der Waals surface area contributed by atoms with Gasteiger partial charge in [0.05, 0.1) is 12.8 Å². The number of nitrogens with zero attached hydrogens (tertiary/aromatic N) is 1. The van der Waals surface area contributed by atoms with Gasteiger partial charge >= 0.3 is 0 Å². The van der Waals surface area contributed by atoms with Gasteiger partial charge in [-0.2, -0.15) is 5.10 Å². The predicted molar refractivity (Wildman–Crippen MR) is 94.4 cm³/mol. The van der Waals surface area contributed by atoms with Crippen LogP contribution in [0.4, 0.5) is 0 Å². The lowest BCUT2D eigenvalue weighted by Crippen LogP contribution is -2.27. The molecule has 2 aromatic carbocycles. The van der Waals surface area contributed by atoms with E-state index < -0.39 is 0 Å². The van der Waals surface area contributed by atoms with Gasteiger partial charge in [-0.15, -0.1) is 0 Å². The van der Waals surface area contributed by atoms with Gasteiger partial charge in [0.15, 0.2) is 18.1 Å². The van der Waals surface area contributed by atoms with E-state index in [0.29, 0.717) is 11.5 Å². The molecule has 0 aromatic heterocycles. The predicted octanol–water partition coefficient (Wildman–Crippen LogP) is 3.25. The molecule has 0 radical (unpaired) electrons. The van der Waals surface area contributed by atoms with Crippen LogP contribution in [0.25, 0.3) is 0 Å². The molecule has 5 heteroatoms. The summed E-state index contributed by atoms with van der Waals surface area (Å²) in [4.78, 5) is 12.0. The van der Waals surface area contributed by atoms with Crippen molar-refractivity contribution in [2.75, 3.05) is 13.7 Å². The Hall–Kier alpha value is -2.82. The van der Waals surface area contributed by atoms with Crippen molar-refractivity contribution in [2.45, 2.75) is 13.8 Å². The van der Waals surface area contributed by atoms with Crippen molar-refractivity contribution < 1.29 is 14.3 Å². The molecule has 0 spiro atoms. The Balaban J connectivity index is 1.98. The summed E-state index contributed by atoms with van der Waals surface area (Å²) in [5, 5.41) is 4.25. The van der Waals surface area contributed by atoms with Crippen LogP contribution in [-0.2, 0) is 4.79 Å². The summed E-state index contributed by atoms with van der Waals surface area (Å²) in [5.74, 6) is 0.963. The third-order valence-corrected chi connectivity index (χ3v) is 3.35. The first-order chi connectivity index (χ1) is 11.6. The molecule has 126 valence electrons. The van der Waals surface area contributed by atoms with Gasteiger partial charge < -0.3 is 9.47 Å². The van der Waals surface area contributed by atoms with E-state index in [9.17, 15) is 4.79 Å². The van der Waals surface area contributed by atoms with Crippen LogP contribution < -0.4 is 14.9 Å². The summed E-state index contributed by atoms with van der Waals surface area (Å²) in [6, 6.07) is 17.0. The molecule has 0 saturated carbocycles. The Morgan fingerprint density at radius 2 is 1.67 bits per heavy atom. The number of nitrogens with one attached hydrogen (secondary N) is 1. The Kier molecular flexibility index (Phi) is 6.37. The van der Waals surface area contributed by atoms with Crippen molar-refractivity contribution in [1.82, 2.24) is 5.43 Å². The summed E-state index contributed by atoms with van der Waals surface area (Å²) in [6.07, 6.45) is 0. The molecular formula is C19H22N2O3. The van der Waals surface area contributed by atoms with E-state index in [-0.39, 0.29) is 18.4 Å². The standard InChI is InChI=1S/C19H22N2O3/c1-14(2)19(15-9-5-4-6-10-15)21-20-18(22)13-24-17-12-8-7-11-16(17)23-3/h4-12,14H,13H2,1-3H3,(H,20,22)/b21-19+. The largest absolute Gasteiger partial charge is 0.493 e. The van der Waals surface area contributed by atoms with Crippen molar-refractivity contribution >= 4 is 11.6 Å². The van der Waals surface area contributed by atoms with Gasteiger partial charge in [0, 0.05) is 0 Å². The highest BCUT2D eigenvalue weighted by Crippen LogP contribution is 2.25. The van der Waals surface area contributed by atoms with Crippen LogP contribution in [0.5, 0.6) is 11.5 Å². The third kappa shape index (κ3) is 4.84. The van der Waals surface area contributed by atoms with Crippen LogP contribution in [0.15, 0.2) is 59.7 Å². The number of carbonyl (C=O) groups excluding carboxylic acids is 1. The van der Waals surface area contributed by atoms with Gasteiger partial charge in [-0.05, 0) is 23.6 Å². The fourth-order valence-electron chi connectivity index (χ4n) is 2.17. The number of hydrazone groups is 1. The molecule has 0 atom stereocenters. The summed E-state index contributed by atoms with van der Waals surface area (Å²) < 4.78 is 10.7. The van der Waals surface area contributed by atoms with E-state index >= 15 is 0 Å². The van der Waals surface area contributed by atoms with Crippen molar-refractivity contribution in [3.63, 3.8) is 0 Å². The lowest BCUT2D eigenvalue weighted by atomic mass is 10.0. The molecule has 0 aliphatic rings. The van der Waals surface area contributed by atoms with Crippen molar-refractivity contribution in [3.05, 3.63) is 60.2 Å². The molecule has 2 aromatic rings. The molecule has 1 N–H and O–H groups in total. The zero-order chi connectivity index (χ0) is 17.4. The number of hydrogen-bond acceptors (Lipinski definition) is 4. The maximum absolute atomic E-state index is 12.0. The van der Waals surface area contributed by atoms with Gasteiger partial charge in [0.2, 0.25) is 0 Å². The Labute approximate surface area is 142 Å². The van der Waals surface area contributed by atoms with Gasteiger partial charge in [0.1, 0.15) is 0 Å². The van der Waals surface area contributed by atoms with E-state index in [1.165, 1.54) is 0 Å².